The summed E-state index contributed by atoms with van der Waals surface area (Å²) >= 11 is 9.90. The summed E-state index contributed by atoms with van der Waals surface area (Å²) in [5.41, 5.74) is 2.98. The van der Waals surface area contributed by atoms with Crippen LogP contribution in [0.3, 0.4) is 0 Å². The lowest BCUT2D eigenvalue weighted by molar-refractivity contribution is -0.109. The Kier molecular flexibility index (Phi) is 7.98. The van der Waals surface area contributed by atoms with Crippen LogP contribution >= 0.6 is 34.7 Å². The Morgan fingerprint density at radius 1 is 1.39 bits per heavy atom. The zero-order valence-corrected chi connectivity index (χ0v) is 21.2. The van der Waals surface area contributed by atoms with Crippen molar-refractivity contribution in [3.05, 3.63) is 44.7 Å². The van der Waals surface area contributed by atoms with Gasteiger partial charge in [0.15, 0.2) is 0 Å². The van der Waals surface area contributed by atoms with Gasteiger partial charge in [0.05, 0.1) is 10.9 Å². The van der Waals surface area contributed by atoms with Gasteiger partial charge < -0.3 is 10.6 Å². The Bertz CT molecular complexity index is 879. The molecule has 4 nitrogen and oxygen atoms in total. The number of hydrogen-bond acceptors (Lipinski definition) is 4. The SMILES string of the molecule is Cc1sc(CC2(SC(C)(C)C)CC2)c(CCNC=O)c1C(=O)NCC1=CCC(Cl)C=C1. The molecule has 170 valence electrons. The molecule has 1 aromatic heterocycles. The maximum Gasteiger partial charge on any atom is 0.252 e. The molecule has 0 aliphatic heterocycles. The first-order valence-corrected chi connectivity index (χ1v) is 13.0. The standard InChI is InChI=1S/C24H33ClN2O2S2/c1-16-21(22(29)27-14-17-5-7-18(25)8-6-17)19(9-12-26-15-28)20(30-16)13-24(10-11-24)31-23(2,3)4/h5-7,15,18H,8-14H2,1-4H3,(H,26,28)(H,27,29). The Hall–Kier alpha value is -1.24. The highest BCUT2D eigenvalue weighted by Gasteiger charge is 2.46. The van der Waals surface area contributed by atoms with Crippen LogP contribution in [0.2, 0.25) is 0 Å². The van der Waals surface area contributed by atoms with Crippen LogP contribution < -0.4 is 10.6 Å². The Balaban J connectivity index is 1.78. The Labute approximate surface area is 199 Å². The van der Waals surface area contributed by atoms with Crippen molar-refractivity contribution >= 4 is 47.0 Å². The minimum atomic E-state index is -0.0308. The van der Waals surface area contributed by atoms with E-state index in [0.717, 1.165) is 40.8 Å². The highest BCUT2D eigenvalue weighted by Crippen LogP contribution is 2.56. The molecule has 1 aromatic rings. The molecule has 1 heterocycles. The van der Waals surface area contributed by atoms with E-state index in [1.165, 1.54) is 17.7 Å². The average Bonchev–Trinajstić information content (AvgIpc) is 3.35. The smallest absolute Gasteiger partial charge is 0.252 e. The molecule has 2 amide bonds. The van der Waals surface area contributed by atoms with Gasteiger partial charge in [-0.1, -0.05) is 39.0 Å². The second-order valence-electron chi connectivity index (χ2n) is 9.40. The molecule has 0 saturated heterocycles. The van der Waals surface area contributed by atoms with Crippen molar-refractivity contribution in [1.29, 1.82) is 0 Å². The largest absolute Gasteiger partial charge is 0.358 e. The topological polar surface area (TPSA) is 58.2 Å². The monoisotopic (exact) mass is 480 g/mol. The molecule has 3 rings (SSSR count). The van der Waals surface area contributed by atoms with E-state index in [2.05, 4.69) is 49.2 Å². The fraction of sp³-hybridized carbons (Fsp3) is 0.583. The van der Waals surface area contributed by atoms with Crippen LogP contribution in [0.4, 0.5) is 0 Å². The predicted molar refractivity (Wildman–Crippen MR) is 134 cm³/mol. The fourth-order valence-electron chi connectivity index (χ4n) is 4.05. The molecule has 1 unspecified atom stereocenters. The summed E-state index contributed by atoms with van der Waals surface area (Å²) in [6.45, 7) is 9.88. The van der Waals surface area contributed by atoms with Gasteiger partial charge in [0.2, 0.25) is 6.41 Å². The molecular weight excluding hydrogens is 448 g/mol. The maximum atomic E-state index is 13.2. The van der Waals surface area contributed by atoms with Crippen molar-refractivity contribution in [3.63, 3.8) is 0 Å². The van der Waals surface area contributed by atoms with E-state index in [1.54, 1.807) is 11.3 Å². The van der Waals surface area contributed by atoms with Gasteiger partial charge in [0, 0.05) is 32.3 Å². The van der Waals surface area contributed by atoms with Crippen LogP contribution in [-0.2, 0) is 17.6 Å². The van der Waals surface area contributed by atoms with Gasteiger partial charge in [-0.2, -0.15) is 0 Å². The van der Waals surface area contributed by atoms with Gasteiger partial charge >= 0.3 is 0 Å². The minimum Gasteiger partial charge on any atom is -0.358 e. The molecular formula is C24H33ClN2O2S2. The quantitative estimate of drug-likeness (QED) is 0.276. The number of carbonyl (C=O) groups excluding carboxylic acids is 2. The third kappa shape index (κ3) is 6.87. The van der Waals surface area contributed by atoms with Gasteiger partial charge in [-0.05, 0) is 50.2 Å². The van der Waals surface area contributed by atoms with Crippen LogP contribution in [-0.4, -0.2) is 40.3 Å². The molecule has 0 aromatic carbocycles. The number of aryl methyl sites for hydroxylation is 1. The van der Waals surface area contributed by atoms with Crippen LogP contribution in [0.15, 0.2) is 23.8 Å². The third-order valence-corrected chi connectivity index (χ3v) is 8.56. The first-order valence-electron chi connectivity index (χ1n) is 10.9. The van der Waals surface area contributed by atoms with Gasteiger partial charge in [-0.3, -0.25) is 9.59 Å². The van der Waals surface area contributed by atoms with Crippen LogP contribution in [0.1, 0.15) is 65.7 Å². The molecule has 2 aliphatic rings. The van der Waals surface area contributed by atoms with Gasteiger partial charge in [-0.25, -0.2) is 0 Å². The number of allylic oxidation sites excluding steroid dienone is 2. The van der Waals surface area contributed by atoms with Gasteiger partial charge in [0.25, 0.3) is 5.91 Å². The summed E-state index contributed by atoms with van der Waals surface area (Å²) in [5.74, 6) is -0.0308. The summed E-state index contributed by atoms with van der Waals surface area (Å²) in [6, 6.07) is 0. The Morgan fingerprint density at radius 2 is 2.13 bits per heavy atom. The highest BCUT2D eigenvalue weighted by molar-refractivity contribution is 8.02. The van der Waals surface area contributed by atoms with Crippen molar-refractivity contribution in [3.8, 4) is 0 Å². The van der Waals surface area contributed by atoms with Crippen molar-refractivity contribution in [2.24, 2.45) is 0 Å². The number of amides is 2. The van der Waals surface area contributed by atoms with Crippen molar-refractivity contribution in [2.75, 3.05) is 13.1 Å². The summed E-state index contributed by atoms with van der Waals surface area (Å²) in [7, 11) is 0. The maximum absolute atomic E-state index is 13.2. The van der Waals surface area contributed by atoms with Gasteiger partial charge in [-0.15, -0.1) is 34.7 Å². The Morgan fingerprint density at radius 3 is 2.71 bits per heavy atom. The highest BCUT2D eigenvalue weighted by atomic mass is 35.5. The normalized spacial score (nSPS) is 19.6. The number of rotatable bonds is 10. The lowest BCUT2D eigenvalue weighted by atomic mass is 10.0. The third-order valence-electron chi connectivity index (χ3n) is 5.49. The lowest BCUT2D eigenvalue weighted by Gasteiger charge is -2.25. The van der Waals surface area contributed by atoms with Crippen molar-refractivity contribution < 1.29 is 9.59 Å². The van der Waals surface area contributed by atoms with E-state index in [9.17, 15) is 9.59 Å². The van der Waals surface area contributed by atoms with Gasteiger partial charge in [0.1, 0.15) is 0 Å². The predicted octanol–water partition coefficient (Wildman–Crippen LogP) is 5.18. The van der Waals surface area contributed by atoms with E-state index in [4.69, 9.17) is 11.6 Å². The average molecular weight is 481 g/mol. The molecule has 31 heavy (non-hydrogen) atoms. The van der Waals surface area contributed by atoms with E-state index < -0.39 is 0 Å². The van der Waals surface area contributed by atoms with Crippen molar-refractivity contribution in [2.45, 2.75) is 74.7 Å². The van der Waals surface area contributed by atoms with E-state index in [1.807, 2.05) is 19.1 Å². The number of halogens is 1. The number of carbonyl (C=O) groups is 2. The number of nitrogens with one attached hydrogen (secondary N) is 2. The molecule has 7 heteroatoms. The van der Waals surface area contributed by atoms with E-state index >= 15 is 0 Å². The number of thiophene rings is 1. The van der Waals surface area contributed by atoms with Crippen LogP contribution in [0, 0.1) is 6.92 Å². The molecule has 0 bridgehead atoms. The molecule has 0 radical (unpaired) electrons. The second kappa shape index (κ2) is 10.1. The molecule has 1 fully saturated rings. The fourth-order valence-corrected chi connectivity index (χ4v) is 7.48. The lowest BCUT2D eigenvalue weighted by Crippen LogP contribution is -2.28. The summed E-state index contributed by atoms with van der Waals surface area (Å²) < 4.78 is 0.497. The number of thioether (sulfide) groups is 1. The summed E-state index contributed by atoms with van der Waals surface area (Å²) in [4.78, 5) is 26.3. The first kappa shape index (κ1) is 24.4. The van der Waals surface area contributed by atoms with Crippen LogP contribution in [0.5, 0.6) is 0 Å². The molecule has 1 atom stereocenters. The van der Waals surface area contributed by atoms with E-state index in [-0.39, 0.29) is 20.8 Å². The second-order valence-corrected chi connectivity index (χ2v) is 13.6. The van der Waals surface area contributed by atoms with Crippen LogP contribution in [0.25, 0.3) is 0 Å². The zero-order valence-electron chi connectivity index (χ0n) is 18.8. The first-order chi connectivity index (χ1) is 14.6. The molecule has 2 aliphatic carbocycles. The summed E-state index contributed by atoms with van der Waals surface area (Å²) in [6.07, 6.45) is 11.7. The number of alkyl halides is 1. The zero-order chi connectivity index (χ0) is 22.6. The summed E-state index contributed by atoms with van der Waals surface area (Å²) in [5, 5.41) is 5.90. The molecule has 1 saturated carbocycles. The number of hydrogen-bond donors (Lipinski definition) is 2. The van der Waals surface area contributed by atoms with Crippen molar-refractivity contribution in [1.82, 2.24) is 10.6 Å². The molecule has 0 spiro atoms. The minimum absolute atomic E-state index is 0.0308. The van der Waals surface area contributed by atoms with E-state index in [0.29, 0.717) is 19.5 Å². The molecule has 2 N–H and O–H groups in total.